The Morgan fingerprint density at radius 3 is 2.17 bits per heavy atom. The Balaban J connectivity index is 2.16. The molecule has 0 unspecified atom stereocenters. The van der Waals surface area contributed by atoms with Crippen molar-refractivity contribution < 1.29 is 18.0 Å². The molecule has 0 aliphatic carbocycles. The maximum absolute atomic E-state index is 12.9. The van der Waals surface area contributed by atoms with Gasteiger partial charge in [0, 0.05) is 37.3 Å². The Hall–Kier alpha value is -1.93. The molecule has 2 rings (SSSR count). The van der Waals surface area contributed by atoms with E-state index in [0.717, 1.165) is 12.8 Å². The molecule has 29 heavy (non-hydrogen) atoms. The Kier molecular flexibility index (Phi) is 7.45. The van der Waals surface area contributed by atoms with Gasteiger partial charge in [-0.15, -0.1) is 0 Å². The summed E-state index contributed by atoms with van der Waals surface area (Å²) in [7, 11) is -3.56. The summed E-state index contributed by atoms with van der Waals surface area (Å²) in [5.41, 5.74) is 0.254. The summed E-state index contributed by atoms with van der Waals surface area (Å²) >= 11 is 0. The number of carbonyl (C=O) groups is 2. The molecule has 0 aromatic heterocycles. The van der Waals surface area contributed by atoms with Gasteiger partial charge in [0.15, 0.2) is 0 Å². The van der Waals surface area contributed by atoms with E-state index in [1.54, 1.807) is 29.2 Å². The van der Waals surface area contributed by atoms with Crippen LogP contribution >= 0.6 is 0 Å². The average molecular weight is 424 g/mol. The Morgan fingerprint density at radius 1 is 1.14 bits per heavy atom. The van der Waals surface area contributed by atoms with Crippen LogP contribution in [0.2, 0.25) is 0 Å². The molecule has 1 heterocycles. The number of carbonyl (C=O) groups excluding carboxylic acids is 2. The fourth-order valence-electron chi connectivity index (χ4n) is 3.40. The minimum atomic E-state index is -3.56. The number of nitrogens with zero attached hydrogens (tertiary/aromatic N) is 2. The number of amides is 2. The van der Waals surface area contributed by atoms with Gasteiger partial charge in [-0.1, -0.05) is 13.8 Å². The highest BCUT2D eigenvalue weighted by atomic mass is 32.2. The second kappa shape index (κ2) is 9.26. The molecular formula is C21H33N3O4S. The van der Waals surface area contributed by atoms with Crippen LogP contribution in [0.25, 0.3) is 0 Å². The maximum atomic E-state index is 12.9. The van der Waals surface area contributed by atoms with Crippen molar-refractivity contribution >= 4 is 27.5 Å². The lowest BCUT2D eigenvalue weighted by molar-refractivity contribution is -0.127. The molecule has 0 spiro atoms. The summed E-state index contributed by atoms with van der Waals surface area (Å²) in [6.45, 7) is 10.9. The third kappa shape index (κ3) is 5.79. The van der Waals surface area contributed by atoms with Crippen molar-refractivity contribution in [1.29, 1.82) is 0 Å². The quantitative estimate of drug-likeness (QED) is 0.697. The summed E-state index contributed by atoms with van der Waals surface area (Å²) in [6, 6.07) is 6.37. The lowest BCUT2D eigenvalue weighted by atomic mass is 10.0. The van der Waals surface area contributed by atoms with Crippen molar-refractivity contribution in [3.63, 3.8) is 0 Å². The minimum absolute atomic E-state index is 0.131. The van der Waals surface area contributed by atoms with E-state index in [1.165, 1.54) is 4.31 Å². The van der Waals surface area contributed by atoms with E-state index in [9.17, 15) is 18.0 Å². The topological polar surface area (TPSA) is 86.8 Å². The van der Waals surface area contributed by atoms with Crippen molar-refractivity contribution in [1.82, 2.24) is 9.62 Å². The molecule has 1 saturated heterocycles. The van der Waals surface area contributed by atoms with Crippen molar-refractivity contribution in [3.8, 4) is 0 Å². The van der Waals surface area contributed by atoms with Crippen molar-refractivity contribution in [2.24, 2.45) is 5.92 Å². The van der Waals surface area contributed by atoms with Crippen LogP contribution in [-0.2, 0) is 19.6 Å². The summed E-state index contributed by atoms with van der Waals surface area (Å²) in [6.07, 6.45) is 1.65. The predicted molar refractivity (Wildman–Crippen MR) is 114 cm³/mol. The van der Waals surface area contributed by atoms with Crippen LogP contribution in [-0.4, -0.2) is 49.7 Å². The van der Waals surface area contributed by atoms with E-state index in [-0.39, 0.29) is 28.7 Å². The highest BCUT2D eigenvalue weighted by Crippen LogP contribution is 2.27. The number of sulfonamides is 1. The largest absolute Gasteiger partial charge is 0.351 e. The number of rotatable bonds is 8. The van der Waals surface area contributed by atoms with E-state index in [4.69, 9.17) is 0 Å². The molecule has 1 aliphatic heterocycles. The third-order valence-corrected chi connectivity index (χ3v) is 6.64. The molecule has 1 aromatic carbocycles. The molecule has 1 aliphatic rings. The van der Waals surface area contributed by atoms with E-state index < -0.39 is 15.9 Å². The molecule has 2 amide bonds. The van der Waals surface area contributed by atoms with Crippen LogP contribution in [0, 0.1) is 5.92 Å². The number of nitrogens with one attached hydrogen (secondary N) is 1. The smallest absolute Gasteiger partial charge is 0.243 e. The molecule has 1 N–H and O–H groups in total. The van der Waals surface area contributed by atoms with Crippen LogP contribution in [0.15, 0.2) is 29.2 Å². The SMILES string of the molecule is CCCN(CCC)S(=O)(=O)c1ccc(N2C[C@@H](C(=O)NC(C)(C)C)CC2=O)cc1. The minimum Gasteiger partial charge on any atom is -0.351 e. The highest BCUT2D eigenvalue weighted by Gasteiger charge is 2.36. The first-order valence-corrected chi connectivity index (χ1v) is 11.7. The Bertz CT molecular complexity index is 822. The molecule has 0 radical (unpaired) electrons. The highest BCUT2D eigenvalue weighted by molar-refractivity contribution is 7.89. The van der Waals surface area contributed by atoms with Gasteiger partial charge in [0.2, 0.25) is 21.8 Å². The molecule has 1 atom stereocenters. The second-order valence-corrected chi connectivity index (χ2v) is 10.5. The third-order valence-electron chi connectivity index (χ3n) is 4.73. The van der Waals surface area contributed by atoms with Gasteiger partial charge in [0.25, 0.3) is 0 Å². The summed E-state index contributed by atoms with van der Waals surface area (Å²) < 4.78 is 27.2. The van der Waals surface area contributed by atoms with Crippen molar-refractivity contribution in [2.45, 2.75) is 64.3 Å². The van der Waals surface area contributed by atoms with E-state index >= 15 is 0 Å². The second-order valence-electron chi connectivity index (χ2n) is 8.54. The van der Waals surface area contributed by atoms with Crippen LogP contribution in [0.4, 0.5) is 5.69 Å². The van der Waals surface area contributed by atoms with Gasteiger partial charge in [0.1, 0.15) is 0 Å². The number of hydrogen-bond donors (Lipinski definition) is 1. The summed E-state index contributed by atoms with van der Waals surface area (Å²) in [5, 5.41) is 2.92. The fourth-order valence-corrected chi connectivity index (χ4v) is 5.03. The normalized spacial score (nSPS) is 17.8. The Labute approximate surface area is 174 Å². The zero-order valence-corrected chi connectivity index (χ0v) is 18.9. The van der Waals surface area contributed by atoms with Crippen LogP contribution < -0.4 is 10.2 Å². The van der Waals surface area contributed by atoms with Gasteiger partial charge < -0.3 is 10.2 Å². The number of hydrogen-bond acceptors (Lipinski definition) is 4. The summed E-state index contributed by atoms with van der Waals surface area (Å²) in [5.74, 6) is -0.676. The lowest BCUT2D eigenvalue weighted by Gasteiger charge is -2.23. The molecule has 0 saturated carbocycles. The van der Waals surface area contributed by atoms with Crippen molar-refractivity contribution in [3.05, 3.63) is 24.3 Å². The standard InChI is InChI=1S/C21H33N3O4S/c1-6-12-23(13-7-2)29(27,28)18-10-8-17(9-11-18)24-15-16(14-19(24)25)20(26)22-21(3,4)5/h8-11,16H,6-7,12-15H2,1-5H3,(H,22,26)/t16-/m0/s1. The van der Waals surface area contributed by atoms with Crippen LogP contribution in [0.1, 0.15) is 53.9 Å². The zero-order chi connectivity index (χ0) is 21.8. The molecule has 7 nitrogen and oxygen atoms in total. The monoisotopic (exact) mass is 423 g/mol. The molecular weight excluding hydrogens is 390 g/mol. The number of benzene rings is 1. The predicted octanol–water partition coefficient (Wildman–Crippen LogP) is 2.76. The van der Waals surface area contributed by atoms with Gasteiger partial charge in [-0.05, 0) is 57.9 Å². The molecule has 1 aromatic rings. The maximum Gasteiger partial charge on any atom is 0.243 e. The van der Waals surface area contributed by atoms with Gasteiger partial charge in [-0.25, -0.2) is 8.42 Å². The van der Waals surface area contributed by atoms with Crippen LogP contribution in [0.5, 0.6) is 0 Å². The molecule has 1 fully saturated rings. The average Bonchev–Trinajstić information content (AvgIpc) is 3.02. The fraction of sp³-hybridized carbons (Fsp3) is 0.619. The van der Waals surface area contributed by atoms with Gasteiger partial charge >= 0.3 is 0 Å². The number of anilines is 1. The van der Waals surface area contributed by atoms with Gasteiger partial charge in [0.05, 0.1) is 10.8 Å². The van der Waals surface area contributed by atoms with E-state index in [0.29, 0.717) is 25.3 Å². The lowest BCUT2D eigenvalue weighted by Crippen LogP contribution is -2.44. The molecule has 0 bridgehead atoms. The van der Waals surface area contributed by atoms with E-state index in [2.05, 4.69) is 5.32 Å². The van der Waals surface area contributed by atoms with Gasteiger partial charge in [-0.2, -0.15) is 4.31 Å². The molecule has 162 valence electrons. The first kappa shape index (κ1) is 23.3. The Morgan fingerprint density at radius 2 is 1.69 bits per heavy atom. The summed E-state index contributed by atoms with van der Waals surface area (Å²) in [4.78, 5) is 26.6. The van der Waals surface area contributed by atoms with Crippen LogP contribution in [0.3, 0.4) is 0 Å². The first-order valence-electron chi connectivity index (χ1n) is 10.2. The first-order chi connectivity index (χ1) is 13.5. The zero-order valence-electron chi connectivity index (χ0n) is 18.1. The van der Waals surface area contributed by atoms with Crippen molar-refractivity contribution in [2.75, 3.05) is 24.5 Å². The molecule has 8 heteroatoms. The van der Waals surface area contributed by atoms with Gasteiger partial charge in [-0.3, -0.25) is 9.59 Å². The van der Waals surface area contributed by atoms with E-state index in [1.807, 2.05) is 34.6 Å².